The highest BCUT2D eigenvalue weighted by molar-refractivity contribution is 6.06. The number of hydrogen-bond donors (Lipinski definition) is 2. The number of para-hydroxylation sites is 1. The van der Waals surface area contributed by atoms with Crippen molar-refractivity contribution in [1.82, 2.24) is 24.5 Å². The Kier molecular flexibility index (Phi) is 4.02. The van der Waals surface area contributed by atoms with Crippen molar-refractivity contribution in [2.24, 2.45) is 7.05 Å². The van der Waals surface area contributed by atoms with Crippen LogP contribution in [0, 0.1) is 13.8 Å². The van der Waals surface area contributed by atoms with Crippen molar-refractivity contribution in [3.05, 3.63) is 64.9 Å². The number of hydrogen-bond acceptors (Lipinski definition) is 5. The normalized spacial score (nSPS) is 16.1. The highest BCUT2D eigenvalue weighted by atomic mass is 16.1. The van der Waals surface area contributed by atoms with Gasteiger partial charge in [0.15, 0.2) is 0 Å². The average molecular weight is 363 g/mol. The number of nitrogens with one attached hydrogen (secondary N) is 2. The van der Waals surface area contributed by atoms with Gasteiger partial charge in [0.1, 0.15) is 12.4 Å². The average Bonchev–Trinajstić information content (AvgIpc) is 3.21. The first-order valence-corrected chi connectivity index (χ1v) is 8.70. The molecule has 0 bridgehead atoms. The van der Waals surface area contributed by atoms with Gasteiger partial charge in [-0.05, 0) is 38.5 Å². The molecule has 2 aromatic heterocycles. The van der Waals surface area contributed by atoms with Gasteiger partial charge in [-0.15, -0.1) is 0 Å². The van der Waals surface area contributed by atoms with Gasteiger partial charge in [-0.2, -0.15) is 15.2 Å². The van der Waals surface area contributed by atoms with Crippen LogP contribution in [-0.2, 0) is 11.8 Å². The largest absolute Gasteiger partial charge is 0.328 e. The standard InChI is InChI=1S/C19H21N7O/c1-11-7-5-6-8-14(11)23-18(27)16-13(3)22-19-20-10-21-26(19)17(16)15-9-12(2)24-25(15)4/h5-10,17H,1-4H3,(H,23,27)(H,20,21,22). The van der Waals surface area contributed by atoms with E-state index in [4.69, 9.17) is 0 Å². The Morgan fingerprint density at radius 2 is 2.00 bits per heavy atom. The Labute approximate surface area is 156 Å². The molecule has 3 heterocycles. The van der Waals surface area contributed by atoms with Crippen LogP contribution in [0.1, 0.15) is 29.9 Å². The second-order valence-electron chi connectivity index (χ2n) is 6.70. The van der Waals surface area contributed by atoms with Crippen molar-refractivity contribution in [3.8, 4) is 0 Å². The number of anilines is 2. The maximum Gasteiger partial charge on any atom is 0.255 e. The summed E-state index contributed by atoms with van der Waals surface area (Å²) < 4.78 is 3.50. The molecule has 2 N–H and O–H groups in total. The third-order valence-electron chi connectivity index (χ3n) is 4.75. The quantitative estimate of drug-likeness (QED) is 0.746. The van der Waals surface area contributed by atoms with Crippen LogP contribution >= 0.6 is 0 Å². The Balaban J connectivity index is 1.80. The van der Waals surface area contributed by atoms with Crippen molar-refractivity contribution in [1.29, 1.82) is 0 Å². The predicted molar refractivity (Wildman–Crippen MR) is 102 cm³/mol. The summed E-state index contributed by atoms with van der Waals surface area (Å²) in [5.41, 5.74) is 4.86. The lowest BCUT2D eigenvalue weighted by atomic mass is 9.98. The van der Waals surface area contributed by atoms with Gasteiger partial charge in [0.2, 0.25) is 5.95 Å². The lowest BCUT2D eigenvalue weighted by Crippen LogP contribution is -2.32. The molecule has 0 radical (unpaired) electrons. The zero-order chi connectivity index (χ0) is 19.1. The van der Waals surface area contributed by atoms with Crippen molar-refractivity contribution in [3.63, 3.8) is 0 Å². The van der Waals surface area contributed by atoms with Crippen molar-refractivity contribution in [2.45, 2.75) is 26.8 Å². The fraction of sp³-hybridized carbons (Fsp3) is 0.263. The molecule has 0 fully saturated rings. The molecule has 0 saturated carbocycles. The fourth-order valence-corrected chi connectivity index (χ4v) is 3.45. The van der Waals surface area contributed by atoms with Gasteiger partial charge in [0, 0.05) is 18.4 Å². The first kappa shape index (κ1) is 17.0. The van der Waals surface area contributed by atoms with Crippen molar-refractivity contribution >= 4 is 17.5 Å². The molecule has 138 valence electrons. The molecule has 27 heavy (non-hydrogen) atoms. The van der Waals surface area contributed by atoms with E-state index in [9.17, 15) is 4.79 Å². The SMILES string of the molecule is CC1=C(C(=O)Nc2ccccc2C)C(c2cc(C)nn2C)n2ncnc2N1. The number of benzene rings is 1. The topological polar surface area (TPSA) is 89.7 Å². The van der Waals surface area contributed by atoms with E-state index in [0.29, 0.717) is 11.5 Å². The van der Waals surface area contributed by atoms with Crippen LogP contribution in [-0.4, -0.2) is 30.5 Å². The minimum atomic E-state index is -0.418. The molecular formula is C19H21N7O. The lowest BCUT2D eigenvalue weighted by Gasteiger charge is -2.28. The van der Waals surface area contributed by atoms with Gasteiger partial charge in [-0.1, -0.05) is 18.2 Å². The van der Waals surface area contributed by atoms with E-state index >= 15 is 0 Å². The summed E-state index contributed by atoms with van der Waals surface area (Å²) in [7, 11) is 1.87. The Hall–Kier alpha value is -3.42. The molecule has 1 unspecified atom stereocenters. The number of nitrogens with zero attached hydrogens (tertiary/aromatic N) is 5. The minimum absolute atomic E-state index is 0.181. The Morgan fingerprint density at radius 3 is 2.70 bits per heavy atom. The molecule has 0 saturated heterocycles. The molecule has 0 aliphatic carbocycles. The number of aromatic nitrogens is 5. The maximum absolute atomic E-state index is 13.3. The molecule has 3 aromatic rings. The summed E-state index contributed by atoms with van der Waals surface area (Å²) in [5.74, 6) is 0.420. The molecular weight excluding hydrogens is 342 g/mol. The number of allylic oxidation sites excluding steroid dienone is 1. The van der Waals surface area contributed by atoms with Gasteiger partial charge in [0.25, 0.3) is 5.91 Å². The van der Waals surface area contributed by atoms with Gasteiger partial charge >= 0.3 is 0 Å². The van der Waals surface area contributed by atoms with E-state index in [0.717, 1.165) is 28.3 Å². The van der Waals surface area contributed by atoms with Crippen LogP contribution in [0.2, 0.25) is 0 Å². The van der Waals surface area contributed by atoms with Crippen molar-refractivity contribution in [2.75, 3.05) is 10.6 Å². The van der Waals surface area contributed by atoms with Crippen LogP contribution in [0.25, 0.3) is 0 Å². The monoisotopic (exact) mass is 363 g/mol. The van der Waals surface area contributed by atoms with Crippen LogP contribution in [0.4, 0.5) is 11.6 Å². The Bertz CT molecular complexity index is 1060. The zero-order valence-electron chi connectivity index (χ0n) is 15.7. The molecule has 8 heteroatoms. The minimum Gasteiger partial charge on any atom is -0.328 e. The van der Waals surface area contributed by atoms with E-state index in [2.05, 4.69) is 25.8 Å². The molecule has 1 aliphatic heterocycles. The number of carbonyl (C=O) groups excluding carboxylic acids is 1. The summed E-state index contributed by atoms with van der Waals surface area (Å²) >= 11 is 0. The summed E-state index contributed by atoms with van der Waals surface area (Å²) in [5, 5.41) is 15.0. The lowest BCUT2D eigenvalue weighted by molar-refractivity contribution is -0.113. The number of carbonyl (C=O) groups is 1. The highest BCUT2D eigenvalue weighted by Crippen LogP contribution is 2.35. The smallest absolute Gasteiger partial charge is 0.255 e. The van der Waals surface area contributed by atoms with Crippen LogP contribution in [0.3, 0.4) is 0 Å². The van der Waals surface area contributed by atoms with E-state index < -0.39 is 6.04 Å². The number of aryl methyl sites for hydroxylation is 3. The molecule has 8 nitrogen and oxygen atoms in total. The summed E-state index contributed by atoms with van der Waals surface area (Å²) in [4.78, 5) is 17.5. The molecule has 1 atom stereocenters. The van der Waals surface area contributed by atoms with Crippen LogP contribution < -0.4 is 10.6 Å². The Morgan fingerprint density at radius 1 is 1.22 bits per heavy atom. The highest BCUT2D eigenvalue weighted by Gasteiger charge is 2.35. The van der Waals surface area contributed by atoms with Gasteiger partial charge in [0.05, 0.1) is 17.0 Å². The molecule has 1 aromatic carbocycles. The number of rotatable bonds is 3. The molecule has 0 spiro atoms. The summed E-state index contributed by atoms with van der Waals surface area (Å²) in [6.45, 7) is 5.77. The molecule has 4 rings (SSSR count). The second-order valence-corrected chi connectivity index (χ2v) is 6.70. The van der Waals surface area contributed by atoms with Gasteiger partial charge < -0.3 is 10.6 Å². The first-order chi connectivity index (χ1) is 13.0. The van der Waals surface area contributed by atoms with E-state index in [-0.39, 0.29) is 5.91 Å². The van der Waals surface area contributed by atoms with Crippen molar-refractivity contribution < 1.29 is 4.79 Å². The van der Waals surface area contributed by atoms with Crippen LogP contribution in [0.5, 0.6) is 0 Å². The zero-order valence-corrected chi connectivity index (χ0v) is 15.7. The first-order valence-electron chi connectivity index (χ1n) is 8.70. The third-order valence-corrected chi connectivity index (χ3v) is 4.75. The third kappa shape index (κ3) is 2.88. The van der Waals surface area contributed by atoms with Gasteiger partial charge in [-0.25, -0.2) is 4.68 Å². The van der Waals surface area contributed by atoms with Gasteiger partial charge in [-0.3, -0.25) is 9.48 Å². The summed E-state index contributed by atoms with van der Waals surface area (Å²) in [6, 6.07) is 9.26. The summed E-state index contributed by atoms with van der Waals surface area (Å²) in [6.07, 6.45) is 1.48. The molecule has 1 amide bonds. The van der Waals surface area contributed by atoms with E-state index in [1.807, 2.05) is 58.2 Å². The molecule has 1 aliphatic rings. The predicted octanol–water partition coefficient (Wildman–Crippen LogP) is 2.56. The fourth-order valence-electron chi connectivity index (χ4n) is 3.45. The van der Waals surface area contributed by atoms with Crippen LogP contribution in [0.15, 0.2) is 47.9 Å². The number of fused-ring (bicyclic) bond motifs is 1. The number of amides is 1. The van der Waals surface area contributed by atoms with E-state index in [1.54, 1.807) is 9.36 Å². The second kappa shape index (κ2) is 6.39. The van der Waals surface area contributed by atoms with E-state index in [1.165, 1.54) is 6.33 Å². The maximum atomic E-state index is 13.3.